The molecule has 1 unspecified atom stereocenters. The van der Waals surface area contributed by atoms with Crippen LogP contribution in [-0.4, -0.2) is 18.4 Å². The summed E-state index contributed by atoms with van der Waals surface area (Å²) in [4.78, 5) is 23.8. The number of carbonyl (C=O) groups excluding carboxylic acids is 2. The van der Waals surface area contributed by atoms with E-state index in [0.29, 0.717) is 12.2 Å². The molecule has 5 heteroatoms. The summed E-state index contributed by atoms with van der Waals surface area (Å²) in [6, 6.07) is 17.8. The smallest absolute Gasteiger partial charge is 0.276 e. The second kappa shape index (κ2) is 11.0. The Hall–Kier alpha value is -2.82. The van der Waals surface area contributed by atoms with Crippen molar-refractivity contribution in [2.24, 2.45) is 5.92 Å². The summed E-state index contributed by atoms with van der Waals surface area (Å²) in [6.07, 6.45) is 3.05. The van der Waals surface area contributed by atoms with E-state index in [2.05, 4.69) is 23.0 Å². The van der Waals surface area contributed by atoms with E-state index in [4.69, 9.17) is 4.74 Å². The number of rotatable bonds is 9. The van der Waals surface area contributed by atoms with Crippen molar-refractivity contribution in [1.82, 2.24) is 10.9 Å². The van der Waals surface area contributed by atoms with Crippen molar-refractivity contribution < 1.29 is 14.3 Å². The standard InChI is InChI=1S/C22H28N2O3/c1-3-19-11-7-8-12-20(19)27-16-22(26)24-23-21(25)15-17(2)13-14-18-9-5-4-6-10-18/h4-12,17H,3,13-16H2,1-2H3,(H,23,25)(H,24,26). The predicted octanol–water partition coefficient (Wildman–Crippen LogP) is 3.43. The topological polar surface area (TPSA) is 67.4 Å². The molecular formula is C22H28N2O3. The fourth-order valence-electron chi connectivity index (χ4n) is 2.78. The molecule has 1 atom stereocenters. The van der Waals surface area contributed by atoms with E-state index in [9.17, 15) is 9.59 Å². The Morgan fingerprint density at radius 1 is 0.963 bits per heavy atom. The Bertz CT molecular complexity index is 731. The molecule has 2 aromatic carbocycles. The highest BCUT2D eigenvalue weighted by Crippen LogP contribution is 2.18. The molecule has 144 valence electrons. The molecule has 0 fully saturated rings. The van der Waals surface area contributed by atoms with Gasteiger partial charge < -0.3 is 4.74 Å². The fourth-order valence-corrected chi connectivity index (χ4v) is 2.78. The molecule has 5 nitrogen and oxygen atoms in total. The number of benzene rings is 2. The lowest BCUT2D eigenvalue weighted by Crippen LogP contribution is -2.44. The first-order valence-corrected chi connectivity index (χ1v) is 9.40. The number of nitrogens with one attached hydrogen (secondary N) is 2. The third kappa shape index (κ3) is 7.52. The summed E-state index contributed by atoms with van der Waals surface area (Å²) in [6.45, 7) is 3.93. The van der Waals surface area contributed by atoms with Crippen LogP contribution in [0.15, 0.2) is 54.6 Å². The van der Waals surface area contributed by atoms with Crippen LogP contribution in [0.1, 0.15) is 37.8 Å². The first-order chi connectivity index (χ1) is 13.1. The van der Waals surface area contributed by atoms with Crippen LogP contribution in [0, 0.1) is 5.92 Å². The number of hydrogen-bond donors (Lipinski definition) is 2. The lowest BCUT2D eigenvalue weighted by Gasteiger charge is -2.13. The minimum Gasteiger partial charge on any atom is -0.483 e. The molecule has 0 saturated carbocycles. The molecule has 0 radical (unpaired) electrons. The van der Waals surface area contributed by atoms with E-state index in [1.54, 1.807) is 0 Å². The van der Waals surface area contributed by atoms with Crippen molar-refractivity contribution >= 4 is 11.8 Å². The van der Waals surface area contributed by atoms with Gasteiger partial charge in [-0.05, 0) is 42.4 Å². The van der Waals surface area contributed by atoms with Gasteiger partial charge in [0.05, 0.1) is 0 Å². The van der Waals surface area contributed by atoms with E-state index < -0.39 is 0 Å². The van der Waals surface area contributed by atoms with Gasteiger partial charge in [-0.15, -0.1) is 0 Å². The van der Waals surface area contributed by atoms with E-state index in [0.717, 1.165) is 24.8 Å². The summed E-state index contributed by atoms with van der Waals surface area (Å²) in [7, 11) is 0. The molecule has 0 aliphatic heterocycles. The van der Waals surface area contributed by atoms with E-state index in [1.165, 1.54) is 5.56 Å². The van der Waals surface area contributed by atoms with Gasteiger partial charge in [-0.1, -0.05) is 62.4 Å². The Morgan fingerprint density at radius 3 is 2.37 bits per heavy atom. The van der Waals surface area contributed by atoms with Crippen LogP contribution < -0.4 is 15.6 Å². The van der Waals surface area contributed by atoms with Crippen molar-refractivity contribution in [3.63, 3.8) is 0 Å². The van der Waals surface area contributed by atoms with Crippen molar-refractivity contribution in [2.45, 2.75) is 39.5 Å². The van der Waals surface area contributed by atoms with Gasteiger partial charge in [0.1, 0.15) is 5.75 Å². The SMILES string of the molecule is CCc1ccccc1OCC(=O)NNC(=O)CC(C)CCc1ccccc1. The van der Waals surface area contributed by atoms with Crippen LogP contribution in [0.3, 0.4) is 0 Å². The van der Waals surface area contributed by atoms with Gasteiger partial charge in [-0.2, -0.15) is 0 Å². The largest absolute Gasteiger partial charge is 0.483 e. The molecule has 2 amide bonds. The van der Waals surface area contributed by atoms with Crippen molar-refractivity contribution in [3.05, 3.63) is 65.7 Å². The third-order valence-corrected chi connectivity index (χ3v) is 4.36. The number of hydrogen-bond acceptors (Lipinski definition) is 3. The highest BCUT2D eigenvalue weighted by Gasteiger charge is 2.11. The monoisotopic (exact) mass is 368 g/mol. The Morgan fingerprint density at radius 2 is 1.63 bits per heavy atom. The van der Waals surface area contributed by atoms with E-state index >= 15 is 0 Å². The maximum Gasteiger partial charge on any atom is 0.276 e. The molecule has 2 N–H and O–H groups in total. The van der Waals surface area contributed by atoms with Crippen LogP contribution in [0.5, 0.6) is 5.75 Å². The molecule has 0 heterocycles. The molecular weight excluding hydrogens is 340 g/mol. The van der Waals surface area contributed by atoms with Gasteiger partial charge >= 0.3 is 0 Å². The first kappa shape index (κ1) is 20.5. The minimum absolute atomic E-state index is 0.138. The van der Waals surface area contributed by atoms with Crippen LogP contribution in [0.25, 0.3) is 0 Å². The normalized spacial score (nSPS) is 11.5. The van der Waals surface area contributed by atoms with Gasteiger partial charge in [0.15, 0.2) is 6.61 Å². The highest BCUT2D eigenvalue weighted by molar-refractivity contribution is 5.82. The minimum atomic E-state index is -0.383. The van der Waals surface area contributed by atoms with Crippen LogP contribution in [0.4, 0.5) is 0 Å². The number of para-hydroxylation sites is 1. The average molecular weight is 368 g/mol. The Kier molecular flexibility index (Phi) is 8.36. The lowest BCUT2D eigenvalue weighted by atomic mass is 9.98. The molecule has 0 aliphatic carbocycles. The zero-order valence-corrected chi connectivity index (χ0v) is 16.0. The summed E-state index contributed by atoms with van der Waals surface area (Å²) in [5.41, 5.74) is 7.17. The Labute approximate surface area is 161 Å². The van der Waals surface area contributed by atoms with Crippen LogP contribution >= 0.6 is 0 Å². The molecule has 2 rings (SSSR count). The molecule has 0 spiro atoms. The molecule has 0 aromatic heterocycles. The number of hydrazine groups is 1. The molecule has 27 heavy (non-hydrogen) atoms. The summed E-state index contributed by atoms with van der Waals surface area (Å²) < 4.78 is 5.53. The zero-order valence-electron chi connectivity index (χ0n) is 16.0. The maximum atomic E-state index is 12.0. The van der Waals surface area contributed by atoms with E-state index in [1.807, 2.05) is 56.3 Å². The molecule has 2 aromatic rings. The fraction of sp³-hybridized carbons (Fsp3) is 0.364. The average Bonchev–Trinajstić information content (AvgIpc) is 2.70. The van der Waals surface area contributed by atoms with Gasteiger partial charge in [-0.3, -0.25) is 20.4 Å². The third-order valence-electron chi connectivity index (χ3n) is 4.36. The summed E-state index contributed by atoms with van der Waals surface area (Å²) >= 11 is 0. The Balaban J connectivity index is 1.64. The lowest BCUT2D eigenvalue weighted by molar-refractivity contribution is -0.130. The molecule has 0 saturated heterocycles. The van der Waals surface area contributed by atoms with Gasteiger partial charge in [-0.25, -0.2) is 0 Å². The summed E-state index contributed by atoms with van der Waals surface area (Å²) in [5.74, 6) is 0.342. The van der Waals surface area contributed by atoms with Gasteiger partial charge in [0.25, 0.3) is 5.91 Å². The molecule has 0 aliphatic rings. The quantitative estimate of drug-likeness (QED) is 0.666. The van der Waals surface area contributed by atoms with Crippen molar-refractivity contribution in [2.75, 3.05) is 6.61 Å². The summed E-state index contributed by atoms with van der Waals surface area (Å²) in [5, 5.41) is 0. The molecule has 0 bridgehead atoms. The number of ether oxygens (including phenoxy) is 1. The number of aryl methyl sites for hydroxylation is 2. The van der Waals surface area contributed by atoms with Crippen molar-refractivity contribution in [3.8, 4) is 5.75 Å². The van der Waals surface area contributed by atoms with Gasteiger partial charge in [0, 0.05) is 6.42 Å². The first-order valence-electron chi connectivity index (χ1n) is 9.40. The highest BCUT2D eigenvalue weighted by atomic mass is 16.5. The van der Waals surface area contributed by atoms with E-state index in [-0.39, 0.29) is 24.3 Å². The second-order valence-corrected chi connectivity index (χ2v) is 6.68. The van der Waals surface area contributed by atoms with Gasteiger partial charge in [0.2, 0.25) is 5.91 Å². The van der Waals surface area contributed by atoms with Crippen LogP contribution in [-0.2, 0) is 22.4 Å². The maximum absolute atomic E-state index is 12.0. The zero-order chi connectivity index (χ0) is 19.5. The number of amides is 2. The number of carbonyl (C=O) groups is 2. The van der Waals surface area contributed by atoms with Crippen molar-refractivity contribution in [1.29, 1.82) is 0 Å². The predicted molar refractivity (Wildman–Crippen MR) is 106 cm³/mol. The second-order valence-electron chi connectivity index (χ2n) is 6.68. The van der Waals surface area contributed by atoms with Crippen LogP contribution in [0.2, 0.25) is 0 Å².